The number of piperidine rings is 1. The van der Waals surface area contributed by atoms with E-state index in [0.29, 0.717) is 24.9 Å². The number of hydrogen-bond donors (Lipinski definition) is 2. The van der Waals surface area contributed by atoms with E-state index in [1.54, 1.807) is 36.5 Å². The molecular formula is C21H26FN3O3. The van der Waals surface area contributed by atoms with Crippen LogP contribution in [-0.2, 0) is 4.74 Å². The lowest BCUT2D eigenvalue weighted by atomic mass is 9.93. The highest BCUT2D eigenvalue weighted by molar-refractivity contribution is 5.83. The van der Waals surface area contributed by atoms with Crippen LogP contribution < -0.4 is 5.32 Å². The van der Waals surface area contributed by atoms with Crippen molar-refractivity contribution < 1.29 is 19.0 Å². The number of benzene rings is 1. The van der Waals surface area contributed by atoms with Crippen molar-refractivity contribution in [1.82, 2.24) is 9.88 Å². The highest BCUT2D eigenvalue weighted by Crippen LogP contribution is 2.23. The predicted molar refractivity (Wildman–Crippen MR) is 104 cm³/mol. The molecule has 1 aliphatic heterocycles. The summed E-state index contributed by atoms with van der Waals surface area (Å²) in [4.78, 5) is 18.0. The third-order valence-electron chi connectivity index (χ3n) is 5.05. The number of anilines is 1. The number of nitrogens with zero attached hydrogens (tertiary/aromatic N) is 2. The molecule has 7 heteroatoms. The van der Waals surface area contributed by atoms with Gasteiger partial charge >= 0.3 is 6.09 Å². The predicted octanol–water partition coefficient (Wildman–Crippen LogP) is 3.60. The van der Waals surface area contributed by atoms with E-state index in [4.69, 9.17) is 4.74 Å². The molecule has 0 spiro atoms. The molecule has 2 aromatic rings. The normalized spacial score (nSPS) is 16.5. The van der Waals surface area contributed by atoms with Gasteiger partial charge in [0.1, 0.15) is 11.6 Å². The number of amides is 1. The van der Waals surface area contributed by atoms with E-state index in [2.05, 4.69) is 15.2 Å². The minimum Gasteiger partial charge on any atom is -0.449 e. The van der Waals surface area contributed by atoms with E-state index in [-0.39, 0.29) is 5.82 Å². The van der Waals surface area contributed by atoms with Crippen molar-refractivity contribution in [3.05, 3.63) is 60.0 Å². The fourth-order valence-electron chi connectivity index (χ4n) is 3.39. The summed E-state index contributed by atoms with van der Waals surface area (Å²) in [5, 5.41) is 12.9. The molecule has 0 radical (unpaired) electrons. The van der Waals surface area contributed by atoms with Crippen molar-refractivity contribution in [1.29, 1.82) is 0 Å². The lowest BCUT2D eigenvalue weighted by Gasteiger charge is -2.33. The van der Waals surface area contributed by atoms with Crippen LogP contribution in [-0.4, -0.2) is 47.3 Å². The number of β-amino-alcohol motifs (C(OH)–C–C–N with tert-alkyl or cyclic N) is 1. The number of halogens is 1. The van der Waals surface area contributed by atoms with E-state index < -0.39 is 12.2 Å². The van der Waals surface area contributed by atoms with Crippen LogP contribution in [0.1, 0.15) is 30.9 Å². The first-order chi connectivity index (χ1) is 13.6. The van der Waals surface area contributed by atoms with Crippen LogP contribution in [0.25, 0.3) is 0 Å². The molecule has 0 saturated carbocycles. The van der Waals surface area contributed by atoms with Crippen molar-refractivity contribution in [3.8, 4) is 0 Å². The Labute approximate surface area is 164 Å². The molecule has 0 bridgehead atoms. The van der Waals surface area contributed by atoms with E-state index >= 15 is 0 Å². The molecule has 1 aromatic heterocycles. The Morgan fingerprint density at radius 3 is 2.68 bits per heavy atom. The molecule has 3 rings (SSSR count). The van der Waals surface area contributed by atoms with Crippen LogP contribution in [0.2, 0.25) is 0 Å². The quantitative estimate of drug-likeness (QED) is 0.759. The number of aromatic nitrogens is 1. The van der Waals surface area contributed by atoms with Crippen molar-refractivity contribution in [2.24, 2.45) is 5.92 Å². The van der Waals surface area contributed by atoms with Crippen LogP contribution in [0.15, 0.2) is 48.7 Å². The Hall–Kier alpha value is -2.51. The molecule has 1 atom stereocenters. The van der Waals surface area contributed by atoms with Crippen molar-refractivity contribution >= 4 is 11.9 Å². The summed E-state index contributed by atoms with van der Waals surface area (Å²) in [5.74, 6) is 0.676. The molecule has 1 saturated heterocycles. The molecular weight excluding hydrogens is 361 g/mol. The van der Waals surface area contributed by atoms with Gasteiger partial charge in [0.05, 0.1) is 12.7 Å². The van der Waals surface area contributed by atoms with Gasteiger partial charge in [-0.25, -0.2) is 14.2 Å². The van der Waals surface area contributed by atoms with E-state index in [9.17, 15) is 14.3 Å². The molecule has 1 aromatic carbocycles. The Bertz CT molecular complexity index is 734. The molecule has 1 aliphatic rings. The Kier molecular flexibility index (Phi) is 7.33. The van der Waals surface area contributed by atoms with Gasteiger partial charge in [0.15, 0.2) is 0 Å². The average molecular weight is 387 g/mol. The minimum absolute atomic E-state index is 0.298. The lowest BCUT2D eigenvalue weighted by Crippen LogP contribution is -2.37. The number of rotatable bonds is 7. The van der Waals surface area contributed by atoms with Crippen molar-refractivity contribution in [2.45, 2.75) is 25.4 Å². The van der Waals surface area contributed by atoms with Crippen LogP contribution in [0.5, 0.6) is 0 Å². The molecule has 1 amide bonds. The van der Waals surface area contributed by atoms with Crippen molar-refractivity contribution in [2.75, 3.05) is 31.6 Å². The maximum absolute atomic E-state index is 13.0. The zero-order chi connectivity index (χ0) is 19.8. The van der Waals surface area contributed by atoms with Gasteiger partial charge in [0.25, 0.3) is 0 Å². The van der Waals surface area contributed by atoms with Crippen molar-refractivity contribution in [3.63, 3.8) is 0 Å². The number of ether oxygens (including phenoxy) is 1. The summed E-state index contributed by atoms with van der Waals surface area (Å²) in [6, 6.07) is 11.3. The van der Waals surface area contributed by atoms with Crippen LogP contribution in [0, 0.1) is 11.7 Å². The fourth-order valence-corrected chi connectivity index (χ4v) is 3.39. The molecule has 2 heterocycles. The summed E-state index contributed by atoms with van der Waals surface area (Å²) in [5.41, 5.74) is 0.732. The Morgan fingerprint density at radius 1 is 1.25 bits per heavy atom. The minimum atomic E-state index is -0.615. The third kappa shape index (κ3) is 6.28. The number of likely N-dealkylation sites (tertiary alicyclic amines) is 1. The number of carbonyl (C=O) groups is 1. The number of aliphatic hydroxyl groups excluding tert-OH is 1. The molecule has 28 heavy (non-hydrogen) atoms. The molecule has 150 valence electrons. The first kappa shape index (κ1) is 20.2. The van der Waals surface area contributed by atoms with Crippen LogP contribution >= 0.6 is 0 Å². The molecule has 6 nitrogen and oxygen atoms in total. The number of nitrogens with one attached hydrogen (secondary N) is 1. The SMILES string of the molecule is O=C(Nc1ccccn1)OCCC1CCN(CC(O)c2ccc(F)cc2)CC1. The largest absolute Gasteiger partial charge is 0.449 e. The maximum Gasteiger partial charge on any atom is 0.412 e. The smallest absolute Gasteiger partial charge is 0.412 e. The topological polar surface area (TPSA) is 74.7 Å². The number of pyridine rings is 1. The zero-order valence-electron chi connectivity index (χ0n) is 15.8. The molecule has 1 unspecified atom stereocenters. The third-order valence-corrected chi connectivity index (χ3v) is 5.05. The van der Waals surface area contributed by atoms with Gasteiger partial charge in [-0.1, -0.05) is 18.2 Å². The average Bonchev–Trinajstić information content (AvgIpc) is 2.70. The fraction of sp³-hybridized carbons (Fsp3) is 0.429. The van der Waals surface area contributed by atoms with E-state index in [0.717, 1.165) is 37.9 Å². The second kappa shape index (κ2) is 10.1. The first-order valence-corrected chi connectivity index (χ1v) is 9.61. The van der Waals surface area contributed by atoms with E-state index in [1.165, 1.54) is 12.1 Å². The zero-order valence-corrected chi connectivity index (χ0v) is 15.8. The van der Waals surface area contributed by atoms with Gasteiger partial charge in [-0.15, -0.1) is 0 Å². The van der Waals surface area contributed by atoms with Gasteiger partial charge in [-0.3, -0.25) is 5.32 Å². The second-order valence-corrected chi connectivity index (χ2v) is 7.08. The van der Waals surface area contributed by atoms with Crippen LogP contribution in [0.3, 0.4) is 0 Å². The monoisotopic (exact) mass is 387 g/mol. The van der Waals surface area contributed by atoms with Gasteiger partial charge in [0.2, 0.25) is 0 Å². The second-order valence-electron chi connectivity index (χ2n) is 7.08. The van der Waals surface area contributed by atoms with Gasteiger partial charge < -0.3 is 14.7 Å². The van der Waals surface area contributed by atoms with E-state index in [1.807, 2.05) is 0 Å². The van der Waals surface area contributed by atoms with Crippen LogP contribution in [0.4, 0.5) is 15.0 Å². The summed E-state index contributed by atoms with van der Waals surface area (Å²) >= 11 is 0. The lowest BCUT2D eigenvalue weighted by molar-refractivity contribution is 0.0823. The summed E-state index contributed by atoms with van der Waals surface area (Å²) < 4.78 is 18.2. The molecule has 0 aliphatic carbocycles. The Balaban J connectivity index is 1.32. The number of carbonyl (C=O) groups excluding carboxylic acids is 1. The summed E-state index contributed by atoms with van der Waals surface area (Å²) in [6.45, 7) is 2.70. The summed E-state index contributed by atoms with van der Waals surface area (Å²) in [7, 11) is 0. The van der Waals surface area contributed by atoms with Gasteiger partial charge in [-0.2, -0.15) is 0 Å². The highest BCUT2D eigenvalue weighted by Gasteiger charge is 2.22. The standard InChI is InChI=1S/C21H26FN3O3/c22-18-6-4-17(5-7-18)19(26)15-25-12-8-16(9-13-25)10-14-28-21(27)24-20-3-1-2-11-23-20/h1-7,11,16,19,26H,8-10,12-15H2,(H,23,24,27). The molecule has 2 N–H and O–H groups in total. The molecule has 1 fully saturated rings. The Morgan fingerprint density at radius 2 is 2.00 bits per heavy atom. The number of aliphatic hydroxyl groups is 1. The van der Waals surface area contributed by atoms with Gasteiger partial charge in [-0.05, 0) is 68.1 Å². The maximum atomic E-state index is 13.0. The summed E-state index contributed by atoms with van der Waals surface area (Å²) in [6.07, 6.45) is 3.33. The van der Waals surface area contributed by atoms with Gasteiger partial charge in [0, 0.05) is 12.7 Å². The number of hydrogen-bond acceptors (Lipinski definition) is 5. The highest BCUT2D eigenvalue weighted by atomic mass is 19.1. The first-order valence-electron chi connectivity index (χ1n) is 9.61.